The molecule has 0 fully saturated rings. The van der Waals surface area contributed by atoms with Crippen LogP contribution in [0.25, 0.3) is 0 Å². The molecule has 0 bridgehead atoms. The molecule has 0 aliphatic heterocycles. The smallest absolute Gasteiger partial charge is 0.408 e. The molecule has 0 spiro atoms. The molecule has 0 saturated carbocycles. The fourth-order valence-electron chi connectivity index (χ4n) is 1.55. The first kappa shape index (κ1) is 19.2. The summed E-state index contributed by atoms with van der Waals surface area (Å²) in [5.41, 5.74) is -0.617. The summed E-state index contributed by atoms with van der Waals surface area (Å²) in [5.74, 6) is -0.242. The first-order valence-electron chi connectivity index (χ1n) is 7.36. The number of nitriles is 1. The van der Waals surface area contributed by atoms with Gasteiger partial charge in [-0.3, -0.25) is 4.79 Å². The van der Waals surface area contributed by atoms with Crippen LogP contribution in [0.15, 0.2) is 0 Å². The Kier molecular flexibility index (Phi) is 8.44. The van der Waals surface area contributed by atoms with Crippen LogP contribution in [0.3, 0.4) is 0 Å². The predicted octanol–water partition coefficient (Wildman–Crippen LogP) is 2.49. The molecular formula is C15H27N3O3. The Bertz CT molecular complexity index is 383. The van der Waals surface area contributed by atoms with Crippen LogP contribution in [0, 0.1) is 11.3 Å². The lowest BCUT2D eigenvalue weighted by Crippen LogP contribution is -2.50. The van der Waals surface area contributed by atoms with E-state index in [-0.39, 0.29) is 11.9 Å². The van der Waals surface area contributed by atoms with Gasteiger partial charge in [-0.15, -0.1) is 0 Å². The van der Waals surface area contributed by atoms with Crippen molar-refractivity contribution in [3.8, 4) is 6.07 Å². The molecule has 6 heteroatoms. The Balaban J connectivity index is 4.61. The number of carbonyl (C=O) groups excluding carboxylic acids is 2. The highest BCUT2D eigenvalue weighted by molar-refractivity contribution is 5.85. The average molecular weight is 297 g/mol. The third-order valence-electron chi connectivity index (χ3n) is 2.79. The number of rotatable bonds is 7. The third-order valence-corrected chi connectivity index (χ3v) is 2.79. The van der Waals surface area contributed by atoms with E-state index < -0.39 is 17.7 Å². The van der Waals surface area contributed by atoms with Crippen LogP contribution in [0.5, 0.6) is 0 Å². The van der Waals surface area contributed by atoms with E-state index in [4.69, 9.17) is 10.00 Å². The summed E-state index contributed by atoms with van der Waals surface area (Å²) < 4.78 is 5.16. The van der Waals surface area contributed by atoms with E-state index >= 15 is 0 Å². The molecule has 0 aliphatic carbocycles. The van der Waals surface area contributed by atoms with Crippen molar-refractivity contribution in [3.05, 3.63) is 0 Å². The van der Waals surface area contributed by atoms with E-state index in [1.807, 2.05) is 19.9 Å². The van der Waals surface area contributed by atoms with Crippen molar-refractivity contribution in [3.63, 3.8) is 0 Å². The van der Waals surface area contributed by atoms with Crippen molar-refractivity contribution < 1.29 is 14.3 Å². The molecule has 0 radical (unpaired) electrons. The van der Waals surface area contributed by atoms with E-state index in [9.17, 15) is 9.59 Å². The summed E-state index contributed by atoms with van der Waals surface area (Å²) in [6, 6.07) is 1.39. The predicted molar refractivity (Wildman–Crippen MR) is 80.5 cm³/mol. The average Bonchev–Trinajstić information content (AvgIpc) is 2.35. The van der Waals surface area contributed by atoms with Crippen molar-refractivity contribution >= 4 is 12.0 Å². The molecule has 0 aromatic rings. The molecule has 0 aromatic carbocycles. The third kappa shape index (κ3) is 9.72. The molecule has 2 N–H and O–H groups in total. The fraction of sp³-hybridized carbons (Fsp3) is 0.800. The van der Waals surface area contributed by atoms with Gasteiger partial charge in [-0.2, -0.15) is 5.26 Å². The van der Waals surface area contributed by atoms with E-state index in [1.54, 1.807) is 20.8 Å². The Hall–Kier alpha value is -1.77. The van der Waals surface area contributed by atoms with Gasteiger partial charge in [0, 0.05) is 12.5 Å². The number of nitrogens with one attached hydrogen (secondary N) is 2. The van der Waals surface area contributed by atoms with Crippen molar-refractivity contribution in [1.29, 1.82) is 5.26 Å². The molecule has 2 amide bonds. The van der Waals surface area contributed by atoms with Gasteiger partial charge in [0.15, 0.2) is 0 Å². The van der Waals surface area contributed by atoms with Gasteiger partial charge in [-0.25, -0.2) is 4.79 Å². The van der Waals surface area contributed by atoms with E-state index in [2.05, 4.69) is 10.6 Å². The van der Waals surface area contributed by atoms with Crippen LogP contribution < -0.4 is 10.6 Å². The van der Waals surface area contributed by atoms with Gasteiger partial charge in [0.05, 0.1) is 6.07 Å². The maximum atomic E-state index is 12.1. The zero-order valence-corrected chi connectivity index (χ0v) is 13.7. The minimum atomic E-state index is -0.679. The largest absolute Gasteiger partial charge is 0.444 e. The molecular weight excluding hydrogens is 270 g/mol. The van der Waals surface area contributed by atoms with Crippen LogP contribution in [0.1, 0.15) is 60.3 Å². The first-order chi connectivity index (χ1) is 9.69. The molecule has 120 valence electrons. The molecule has 0 heterocycles. The lowest BCUT2D eigenvalue weighted by atomic mass is 10.1. The summed E-state index contributed by atoms with van der Waals surface area (Å²) in [4.78, 5) is 23.9. The normalized spacial score (nSPS) is 13.7. The van der Waals surface area contributed by atoms with Crippen molar-refractivity contribution in [2.75, 3.05) is 0 Å². The lowest BCUT2D eigenvalue weighted by Gasteiger charge is -2.24. The van der Waals surface area contributed by atoms with Gasteiger partial charge in [-0.05, 0) is 47.0 Å². The Morgan fingerprint density at radius 1 is 1.29 bits per heavy atom. The van der Waals surface area contributed by atoms with Crippen LogP contribution >= 0.6 is 0 Å². The van der Waals surface area contributed by atoms with Crippen molar-refractivity contribution in [2.45, 2.75) is 78.0 Å². The minimum absolute atomic E-state index is 0.0383. The number of alkyl carbamates (subject to hydrolysis) is 1. The Morgan fingerprint density at radius 3 is 2.38 bits per heavy atom. The second-order valence-corrected chi connectivity index (χ2v) is 6.07. The summed E-state index contributed by atoms with van der Waals surface area (Å²) in [6.45, 7) is 9.15. The van der Waals surface area contributed by atoms with Crippen LogP contribution in [0.4, 0.5) is 4.79 Å². The fourth-order valence-corrected chi connectivity index (χ4v) is 1.55. The molecule has 6 nitrogen and oxygen atoms in total. The summed E-state index contributed by atoms with van der Waals surface area (Å²) in [6.07, 6.45) is 1.50. The van der Waals surface area contributed by atoms with Gasteiger partial charge < -0.3 is 15.4 Å². The lowest BCUT2D eigenvalue weighted by molar-refractivity contribution is -0.124. The Morgan fingerprint density at radius 2 is 1.90 bits per heavy atom. The van der Waals surface area contributed by atoms with Gasteiger partial charge >= 0.3 is 6.09 Å². The van der Waals surface area contributed by atoms with Crippen molar-refractivity contribution in [2.24, 2.45) is 0 Å². The highest BCUT2D eigenvalue weighted by Crippen LogP contribution is 2.08. The molecule has 0 rings (SSSR count). The van der Waals surface area contributed by atoms with Gasteiger partial charge in [0.2, 0.25) is 5.91 Å². The summed E-state index contributed by atoms with van der Waals surface area (Å²) in [5, 5.41) is 14.0. The highest BCUT2D eigenvalue weighted by Gasteiger charge is 2.24. The highest BCUT2D eigenvalue weighted by atomic mass is 16.6. The first-order valence-corrected chi connectivity index (χ1v) is 7.36. The summed E-state index contributed by atoms with van der Waals surface area (Å²) in [7, 11) is 0. The SMILES string of the molecule is CCC(C)NC(=O)C(CCCC#N)NC(=O)OC(C)(C)C. The molecule has 2 unspecified atom stereocenters. The molecule has 21 heavy (non-hydrogen) atoms. The van der Waals surface area contributed by atoms with Crippen LogP contribution in [-0.4, -0.2) is 29.7 Å². The van der Waals surface area contributed by atoms with Crippen LogP contribution in [-0.2, 0) is 9.53 Å². The Labute approximate surface area is 127 Å². The van der Waals surface area contributed by atoms with Gasteiger partial charge in [0.25, 0.3) is 0 Å². The zero-order valence-electron chi connectivity index (χ0n) is 13.7. The standard InChI is InChI=1S/C15H27N3O3/c1-6-11(2)17-13(19)12(9-7-8-10-16)18-14(20)21-15(3,4)5/h11-12H,6-9H2,1-5H3,(H,17,19)(H,18,20). The number of hydrogen-bond donors (Lipinski definition) is 2. The molecule has 0 aromatic heterocycles. The number of unbranched alkanes of at least 4 members (excludes halogenated alkanes) is 1. The maximum Gasteiger partial charge on any atom is 0.408 e. The number of ether oxygens (including phenoxy) is 1. The van der Waals surface area contributed by atoms with E-state index in [1.165, 1.54) is 0 Å². The quantitative estimate of drug-likeness (QED) is 0.706. The number of amides is 2. The molecule has 0 saturated heterocycles. The molecule has 2 atom stereocenters. The van der Waals surface area contributed by atoms with Crippen LogP contribution in [0.2, 0.25) is 0 Å². The van der Waals surface area contributed by atoms with E-state index in [0.717, 1.165) is 6.42 Å². The topological polar surface area (TPSA) is 91.2 Å². The zero-order chi connectivity index (χ0) is 16.5. The van der Waals surface area contributed by atoms with E-state index in [0.29, 0.717) is 19.3 Å². The van der Waals surface area contributed by atoms with Crippen molar-refractivity contribution in [1.82, 2.24) is 10.6 Å². The number of hydrogen-bond acceptors (Lipinski definition) is 4. The second kappa shape index (κ2) is 9.22. The minimum Gasteiger partial charge on any atom is -0.444 e. The second-order valence-electron chi connectivity index (χ2n) is 6.07. The van der Waals surface area contributed by atoms with Gasteiger partial charge in [-0.1, -0.05) is 6.92 Å². The monoisotopic (exact) mass is 297 g/mol. The number of nitrogens with zero attached hydrogens (tertiary/aromatic N) is 1. The summed E-state index contributed by atoms with van der Waals surface area (Å²) >= 11 is 0. The number of carbonyl (C=O) groups is 2. The molecule has 0 aliphatic rings. The maximum absolute atomic E-state index is 12.1. The van der Waals surface area contributed by atoms with Gasteiger partial charge in [0.1, 0.15) is 11.6 Å².